The molecule has 1 fully saturated rings. The summed E-state index contributed by atoms with van der Waals surface area (Å²) in [6.45, 7) is 4.73. The van der Waals surface area contributed by atoms with Crippen LogP contribution in [0.5, 0.6) is 17.2 Å². The third kappa shape index (κ3) is 4.49. The molecule has 39 heavy (non-hydrogen) atoms. The minimum absolute atomic E-state index is 0.0742. The monoisotopic (exact) mass is 560 g/mol. The van der Waals surface area contributed by atoms with Crippen LogP contribution in [0.25, 0.3) is 16.0 Å². The Morgan fingerprint density at radius 3 is 2.77 bits per heavy atom. The van der Waals surface area contributed by atoms with E-state index in [0.717, 1.165) is 4.70 Å². The van der Waals surface area contributed by atoms with Crippen molar-refractivity contribution in [2.75, 3.05) is 24.7 Å². The van der Waals surface area contributed by atoms with Gasteiger partial charge in [-0.3, -0.25) is 14.5 Å². The zero-order valence-corrected chi connectivity index (χ0v) is 22.0. The molecule has 4 aromatic rings. The van der Waals surface area contributed by atoms with Crippen molar-refractivity contribution in [3.8, 4) is 17.2 Å². The molecule has 2 aliphatic heterocycles. The average molecular weight is 561 g/mol. The number of hydrogen-bond acceptors (Lipinski definition) is 8. The maximum absolute atomic E-state index is 13.6. The van der Waals surface area contributed by atoms with Gasteiger partial charge in [0.15, 0.2) is 16.6 Å². The number of hydrogen-bond donors (Lipinski definition) is 1. The summed E-state index contributed by atoms with van der Waals surface area (Å²) in [5.41, 5.74) is 1.44. The van der Waals surface area contributed by atoms with Gasteiger partial charge in [-0.25, -0.2) is 4.98 Å². The first-order valence-electron chi connectivity index (χ1n) is 12.1. The van der Waals surface area contributed by atoms with E-state index in [-0.39, 0.29) is 17.9 Å². The minimum atomic E-state index is -0.971. The van der Waals surface area contributed by atoms with Crippen molar-refractivity contribution in [2.45, 2.75) is 6.04 Å². The average Bonchev–Trinajstić information content (AvgIpc) is 3.48. The summed E-state index contributed by atoms with van der Waals surface area (Å²) in [7, 11) is 0. The van der Waals surface area contributed by atoms with Crippen LogP contribution in [0.1, 0.15) is 17.2 Å². The molecule has 1 atom stereocenters. The highest BCUT2D eigenvalue weighted by molar-refractivity contribution is 7.22. The molecule has 0 radical (unpaired) electrons. The van der Waals surface area contributed by atoms with E-state index in [0.29, 0.717) is 57.3 Å². The third-order valence-electron chi connectivity index (χ3n) is 6.35. The Morgan fingerprint density at radius 1 is 1.13 bits per heavy atom. The van der Waals surface area contributed by atoms with Crippen molar-refractivity contribution < 1.29 is 28.9 Å². The lowest BCUT2D eigenvalue weighted by molar-refractivity contribution is -0.132. The highest BCUT2D eigenvalue weighted by Gasteiger charge is 2.48. The highest BCUT2D eigenvalue weighted by atomic mass is 35.5. The number of thiazole rings is 1. The van der Waals surface area contributed by atoms with Crippen molar-refractivity contribution >= 4 is 55.7 Å². The van der Waals surface area contributed by atoms with E-state index in [9.17, 15) is 14.7 Å². The lowest BCUT2D eigenvalue weighted by Crippen LogP contribution is -2.29. The predicted molar refractivity (Wildman–Crippen MR) is 149 cm³/mol. The number of rotatable bonds is 6. The summed E-state index contributed by atoms with van der Waals surface area (Å²) in [4.78, 5) is 33.0. The Morgan fingerprint density at radius 2 is 1.95 bits per heavy atom. The molecule has 1 amide bonds. The molecule has 10 heteroatoms. The van der Waals surface area contributed by atoms with Crippen LogP contribution in [0.15, 0.2) is 78.9 Å². The summed E-state index contributed by atoms with van der Waals surface area (Å²) in [5.74, 6) is -0.467. The molecule has 2 aliphatic rings. The van der Waals surface area contributed by atoms with Crippen LogP contribution in [0.2, 0.25) is 5.02 Å². The number of fused-ring (bicyclic) bond motifs is 2. The van der Waals surface area contributed by atoms with Gasteiger partial charge in [0.2, 0.25) is 0 Å². The van der Waals surface area contributed by atoms with Crippen LogP contribution in [0, 0.1) is 0 Å². The number of halogens is 1. The van der Waals surface area contributed by atoms with Crippen molar-refractivity contribution in [3.63, 3.8) is 0 Å². The maximum Gasteiger partial charge on any atom is 0.301 e. The molecular weight excluding hydrogens is 540 g/mol. The zero-order valence-electron chi connectivity index (χ0n) is 20.4. The zero-order chi connectivity index (χ0) is 27.1. The smallest absolute Gasteiger partial charge is 0.301 e. The fourth-order valence-electron chi connectivity index (χ4n) is 4.61. The standard InChI is InChI=1S/C29H21ClN2O6S/c1-2-10-36-19-5-3-4-16(13-19)25-24(26(33)17-6-9-21-22(14-17)38-12-11-37-21)27(34)28(35)32(25)29-31-20-8-7-18(30)15-23(20)39-29/h2-9,13-15,25,33H,1,10-12H2/b26-24+. The molecule has 0 saturated carbocycles. The molecule has 0 bridgehead atoms. The lowest BCUT2D eigenvalue weighted by Gasteiger charge is -2.23. The Balaban J connectivity index is 1.53. The molecule has 1 unspecified atom stereocenters. The Hall–Kier alpha value is -4.34. The van der Waals surface area contributed by atoms with Crippen LogP contribution in [0.4, 0.5) is 5.13 Å². The van der Waals surface area contributed by atoms with Crippen molar-refractivity contribution in [3.05, 3.63) is 95.0 Å². The molecule has 0 spiro atoms. The summed E-state index contributed by atoms with van der Waals surface area (Å²) >= 11 is 7.40. The molecule has 1 aromatic heterocycles. The summed E-state index contributed by atoms with van der Waals surface area (Å²) in [5, 5.41) is 12.3. The molecule has 8 nitrogen and oxygen atoms in total. The van der Waals surface area contributed by atoms with Gasteiger partial charge in [0.05, 0.1) is 21.8 Å². The first-order chi connectivity index (χ1) is 18.9. The van der Waals surface area contributed by atoms with Gasteiger partial charge in [0.1, 0.15) is 31.3 Å². The van der Waals surface area contributed by atoms with Crippen molar-refractivity contribution in [2.24, 2.45) is 0 Å². The maximum atomic E-state index is 13.6. The highest BCUT2D eigenvalue weighted by Crippen LogP contribution is 2.45. The van der Waals surface area contributed by atoms with Crippen molar-refractivity contribution in [1.29, 1.82) is 0 Å². The molecule has 196 valence electrons. The Labute approximate surface area is 232 Å². The number of carbonyl (C=O) groups excluding carboxylic acids is 2. The first-order valence-corrected chi connectivity index (χ1v) is 13.2. The second-order valence-corrected chi connectivity index (χ2v) is 10.3. The summed E-state index contributed by atoms with van der Waals surface area (Å²) in [6, 6.07) is 16.1. The van der Waals surface area contributed by atoms with E-state index in [2.05, 4.69) is 11.6 Å². The van der Waals surface area contributed by atoms with Crippen LogP contribution < -0.4 is 19.1 Å². The van der Waals surface area contributed by atoms with Gasteiger partial charge in [-0.2, -0.15) is 0 Å². The molecule has 1 saturated heterocycles. The van der Waals surface area contributed by atoms with Gasteiger partial charge < -0.3 is 19.3 Å². The van der Waals surface area contributed by atoms with Gasteiger partial charge in [0, 0.05) is 10.6 Å². The van der Waals surface area contributed by atoms with Crippen LogP contribution in [0.3, 0.4) is 0 Å². The fraction of sp³-hybridized carbons (Fsp3) is 0.138. The number of benzene rings is 3. The molecular formula is C29H21ClN2O6S. The quantitative estimate of drug-likeness (QED) is 0.135. The van der Waals surface area contributed by atoms with E-state index in [4.69, 9.17) is 25.8 Å². The number of Topliss-reactive ketones (excluding diaryl/α,β-unsaturated/α-hetero) is 1. The van der Waals surface area contributed by atoms with E-state index >= 15 is 0 Å². The van der Waals surface area contributed by atoms with Gasteiger partial charge in [-0.15, -0.1) is 0 Å². The minimum Gasteiger partial charge on any atom is -0.507 e. The summed E-state index contributed by atoms with van der Waals surface area (Å²) in [6.07, 6.45) is 1.62. The van der Waals surface area contributed by atoms with Gasteiger partial charge in [-0.05, 0) is 54.1 Å². The molecule has 3 heterocycles. The van der Waals surface area contributed by atoms with E-state index in [1.54, 1.807) is 66.7 Å². The largest absolute Gasteiger partial charge is 0.507 e. The molecule has 6 rings (SSSR count). The van der Waals surface area contributed by atoms with Crippen molar-refractivity contribution in [1.82, 2.24) is 4.98 Å². The van der Waals surface area contributed by atoms with E-state index < -0.39 is 17.7 Å². The first kappa shape index (κ1) is 25.0. The third-order valence-corrected chi connectivity index (χ3v) is 7.60. The van der Waals surface area contributed by atoms with Gasteiger partial charge in [-0.1, -0.05) is 47.7 Å². The van der Waals surface area contributed by atoms with Crippen LogP contribution in [-0.2, 0) is 9.59 Å². The second kappa shape index (κ2) is 10.1. The number of aliphatic hydroxyl groups is 1. The number of anilines is 1. The number of ether oxygens (including phenoxy) is 3. The summed E-state index contributed by atoms with van der Waals surface area (Å²) < 4.78 is 17.7. The lowest BCUT2D eigenvalue weighted by atomic mass is 9.95. The topological polar surface area (TPSA) is 98.2 Å². The number of carbonyl (C=O) groups is 2. The molecule has 1 N–H and O–H groups in total. The SMILES string of the molecule is C=CCOc1cccc(C2/C(=C(\O)c3ccc4c(c3)OCCO4)C(=O)C(=O)N2c2nc3ccc(Cl)cc3s2)c1. The van der Waals surface area contributed by atoms with E-state index in [1.165, 1.54) is 16.2 Å². The fourth-order valence-corrected chi connectivity index (χ4v) is 5.88. The number of aromatic nitrogens is 1. The second-order valence-electron chi connectivity index (χ2n) is 8.81. The number of ketones is 1. The predicted octanol–water partition coefficient (Wildman–Crippen LogP) is 5.91. The molecule has 3 aromatic carbocycles. The normalized spacial score (nSPS) is 18.0. The number of aliphatic hydroxyl groups excluding tert-OH is 1. The molecule has 0 aliphatic carbocycles. The Bertz CT molecular complexity index is 1680. The van der Waals surface area contributed by atoms with E-state index in [1.807, 2.05) is 0 Å². The van der Waals surface area contributed by atoms with Crippen LogP contribution in [-0.4, -0.2) is 41.6 Å². The van der Waals surface area contributed by atoms with Crippen LogP contribution >= 0.6 is 22.9 Å². The van der Waals surface area contributed by atoms with Gasteiger partial charge >= 0.3 is 5.91 Å². The number of nitrogens with zero attached hydrogens (tertiary/aromatic N) is 2. The Kier molecular flexibility index (Phi) is 6.46. The van der Waals surface area contributed by atoms with Gasteiger partial charge in [0.25, 0.3) is 5.78 Å². The number of amides is 1.